The predicted octanol–water partition coefficient (Wildman–Crippen LogP) is 6.47. The molecule has 0 aromatic heterocycles. The van der Waals surface area contributed by atoms with Gasteiger partial charge in [0.25, 0.3) is 0 Å². The summed E-state index contributed by atoms with van der Waals surface area (Å²) in [5.41, 5.74) is -0.814. The third-order valence-corrected chi connectivity index (χ3v) is 3.44. The molecule has 0 aliphatic carbocycles. The summed E-state index contributed by atoms with van der Waals surface area (Å²) >= 11 is 5.65. The topological polar surface area (TPSA) is 29.5 Å². The van der Waals surface area contributed by atoms with E-state index in [-0.39, 0.29) is 16.3 Å². The number of aryl methyl sites for hydroxylation is 1. The molecule has 0 aliphatic heterocycles. The van der Waals surface area contributed by atoms with E-state index in [9.17, 15) is 22.4 Å². The van der Waals surface area contributed by atoms with Crippen molar-refractivity contribution in [2.45, 2.75) is 26.9 Å². The summed E-state index contributed by atoms with van der Waals surface area (Å²) in [6.45, 7) is 5.35. The molecule has 26 heavy (non-hydrogen) atoms. The molecule has 0 atom stereocenters. The molecule has 8 heteroatoms. The first-order valence-electron chi connectivity index (χ1n) is 7.68. The Labute approximate surface area is 154 Å². The molecule has 1 amide bonds. The number of halogens is 5. The van der Waals surface area contributed by atoms with Crippen LogP contribution in [0, 0.1) is 12.7 Å². The quantitative estimate of drug-likeness (QED) is 0.549. The molecular formula is C18H18ClF4NO2. The van der Waals surface area contributed by atoms with Crippen molar-refractivity contribution in [3.8, 4) is 5.75 Å². The maximum Gasteiger partial charge on any atom is 0.420 e. The third-order valence-electron chi connectivity index (χ3n) is 3.22. The van der Waals surface area contributed by atoms with E-state index >= 15 is 0 Å². The molecule has 0 radical (unpaired) electrons. The van der Waals surface area contributed by atoms with E-state index in [1.54, 1.807) is 0 Å². The van der Waals surface area contributed by atoms with Crippen LogP contribution in [-0.2, 0) is 6.18 Å². The van der Waals surface area contributed by atoms with Gasteiger partial charge in [-0.1, -0.05) is 25.4 Å². The zero-order chi connectivity index (χ0) is 20.1. The summed E-state index contributed by atoms with van der Waals surface area (Å²) in [5.74, 6) is -1.13. The number of hydrogen-bond donors (Lipinski definition) is 0. The highest BCUT2D eigenvalue weighted by Gasteiger charge is 2.36. The van der Waals surface area contributed by atoms with Crippen molar-refractivity contribution in [1.29, 1.82) is 0 Å². The monoisotopic (exact) mass is 391 g/mol. The van der Waals surface area contributed by atoms with E-state index in [1.165, 1.54) is 32.2 Å². The fraction of sp³-hybridized carbons (Fsp3) is 0.278. The van der Waals surface area contributed by atoms with Gasteiger partial charge >= 0.3 is 12.3 Å². The normalized spacial score (nSPS) is 10.7. The number of benzene rings is 2. The fourth-order valence-corrected chi connectivity index (χ4v) is 2.27. The van der Waals surface area contributed by atoms with Crippen molar-refractivity contribution in [1.82, 2.24) is 0 Å². The molecule has 0 spiro atoms. The molecule has 0 saturated heterocycles. The minimum absolute atomic E-state index is 0.0654. The lowest BCUT2D eigenvalue weighted by molar-refractivity contribution is -0.138. The Morgan fingerprint density at radius 3 is 2.15 bits per heavy atom. The van der Waals surface area contributed by atoms with Gasteiger partial charge in [-0.25, -0.2) is 9.18 Å². The highest BCUT2D eigenvalue weighted by atomic mass is 35.5. The van der Waals surface area contributed by atoms with Crippen molar-refractivity contribution in [2.24, 2.45) is 0 Å². The minimum Gasteiger partial charge on any atom is -0.409 e. The second-order valence-electron chi connectivity index (χ2n) is 5.00. The standard InChI is InChI=1S/C16H12ClF4NO2.C2H6/c1-9-7-10(17)8-13(16(19,20)21)14(9)24-15(23)22(2)12-5-3-11(18)4-6-12;1-2/h3-8H,1-2H3;1-2H3. The molecule has 0 fully saturated rings. The van der Waals surface area contributed by atoms with Gasteiger partial charge < -0.3 is 4.74 Å². The maximum atomic E-state index is 13.1. The van der Waals surface area contributed by atoms with Gasteiger partial charge in [0.15, 0.2) is 0 Å². The van der Waals surface area contributed by atoms with Crippen LogP contribution in [0.4, 0.5) is 28.0 Å². The number of rotatable bonds is 2. The summed E-state index contributed by atoms with van der Waals surface area (Å²) in [6.07, 6.45) is -5.78. The number of carbonyl (C=O) groups is 1. The van der Waals surface area contributed by atoms with E-state index in [0.29, 0.717) is 6.07 Å². The summed E-state index contributed by atoms with van der Waals surface area (Å²) in [5, 5.41) is -0.119. The number of carbonyl (C=O) groups excluding carboxylic acids is 1. The smallest absolute Gasteiger partial charge is 0.409 e. The number of anilines is 1. The van der Waals surface area contributed by atoms with Crippen LogP contribution in [0.25, 0.3) is 0 Å². The molecule has 2 aromatic carbocycles. The molecule has 2 rings (SSSR count). The molecule has 0 saturated carbocycles. The van der Waals surface area contributed by atoms with E-state index < -0.39 is 29.4 Å². The SMILES string of the molecule is CC.Cc1cc(Cl)cc(C(F)(F)F)c1OC(=O)N(C)c1ccc(F)cc1. The van der Waals surface area contributed by atoms with Crippen molar-refractivity contribution < 1.29 is 27.1 Å². The Kier molecular flexibility index (Phi) is 7.44. The maximum absolute atomic E-state index is 13.1. The summed E-state index contributed by atoms with van der Waals surface area (Å²) < 4.78 is 57.2. The largest absolute Gasteiger partial charge is 0.420 e. The molecule has 0 bridgehead atoms. The van der Waals surface area contributed by atoms with E-state index in [0.717, 1.165) is 17.0 Å². The van der Waals surface area contributed by atoms with Gasteiger partial charge in [0.05, 0.1) is 0 Å². The van der Waals surface area contributed by atoms with Crippen molar-refractivity contribution in [3.05, 3.63) is 58.4 Å². The molecule has 0 aliphatic rings. The lowest BCUT2D eigenvalue weighted by atomic mass is 10.1. The van der Waals surface area contributed by atoms with Crippen LogP contribution in [0.15, 0.2) is 36.4 Å². The van der Waals surface area contributed by atoms with Gasteiger partial charge in [0.1, 0.15) is 17.1 Å². The highest BCUT2D eigenvalue weighted by molar-refractivity contribution is 6.30. The number of ether oxygens (including phenoxy) is 1. The molecule has 3 nitrogen and oxygen atoms in total. The molecule has 0 heterocycles. The second-order valence-corrected chi connectivity index (χ2v) is 5.44. The van der Waals surface area contributed by atoms with Crippen LogP contribution in [-0.4, -0.2) is 13.1 Å². The first kappa shape index (κ1) is 21.8. The van der Waals surface area contributed by atoms with Gasteiger partial charge in [-0.05, 0) is 48.9 Å². The van der Waals surface area contributed by atoms with Crippen LogP contribution in [0.1, 0.15) is 25.0 Å². The third kappa shape index (κ3) is 5.36. The average molecular weight is 392 g/mol. The Bertz CT molecular complexity index is 761. The molecular weight excluding hydrogens is 374 g/mol. The van der Waals surface area contributed by atoms with E-state index in [2.05, 4.69) is 0 Å². The van der Waals surface area contributed by atoms with Gasteiger partial charge in [0.2, 0.25) is 0 Å². The van der Waals surface area contributed by atoms with Crippen LogP contribution >= 0.6 is 11.6 Å². The first-order valence-corrected chi connectivity index (χ1v) is 8.06. The average Bonchev–Trinajstić information content (AvgIpc) is 2.57. The molecule has 0 unspecified atom stereocenters. The Morgan fingerprint density at radius 2 is 1.65 bits per heavy atom. The van der Waals surface area contributed by atoms with Gasteiger partial charge in [-0.15, -0.1) is 0 Å². The van der Waals surface area contributed by atoms with Gasteiger partial charge in [-0.3, -0.25) is 4.90 Å². The molecule has 2 aromatic rings. The summed E-state index contributed by atoms with van der Waals surface area (Å²) in [7, 11) is 1.30. The van der Waals surface area contributed by atoms with Crippen LogP contribution in [0.3, 0.4) is 0 Å². The summed E-state index contributed by atoms with van der Waals surface area (Å²) in [6, 6.07) is 6.79. The second kappa shape index (κ2) is 8.89. The minimum atomic E-state index is -4.74. The molecule has 0 N–H and O–H groups in total. The number of hydrogen-bond acceptors (Lipinski definition) is 2. The predicted molar refractivity (Wildman–Crippen MR) is 93.4 cm³/mol. The zero-order valence-electron chi connectivity index (χ0n) is 14.6. The highest BCUT2D eigenvalue weighted by Crippen LogP contribution is 2.40. The van der Waals surface area contributed by atoms with Crippen molar-refractivity contribution in [2.75, 3.05) is 11.9 Å². The lowest BCUT2D eigenvalue weighted by Gasteiger charge is -2.20. The zero-order valence-corrected chi connectivity index (χ0v) is 15.4. The number of nitrogens with zero attached hydrogens (tertiary/aromatic N) is 1. The number of alkyl halides is 3. The Morgan fingerprint density at radius 1 is 1.12 bits per heavy atom. The lowest BCUT2D eigenvalue weighted by Crippen LogP contribution is -2.30. The number of amides is 1. The van der Waals surface area contributed by atoms with Gasteiger partial charge in [0, 0.05) is 17.8 Å². The van der Waals surface area contributed by atoms with Crippen molar-refractivity contribution in [3.63, 3.8) is 0 Å². The Hall–Kier alpha value is -2.28. The van der Waals surface area contributed by atoms with E-state index in [4.69, 9.17) is 16.3 Å². The fourth-order valence-electron chi connectivity index (χ4n) is 2.00. The first-order chi connectivity index (χ1) is 12.1. The van der Waals surface area contributed by atoms with Crippen molar-refractivity contribution >= 4 is 23.4 Å². The molecule has 142 valence electrons. The van der Waals surface area contributed by atoms with Crippen LogP contribution < -0.4 is 9.64 Å². The van der Waals surface area contributed by atoms with Crippen LogP contribution in [0.2, 0.25) is 5.02 Å². The Balaban J connectivity index is 0.00000163. The van der Waals surface area contributed by atoms with Crippen LogP contribution in [0.5, 0.6) is 5.75 Å². The summed E-state index contributed by atoms with van der Waals surface area (Å²) in [4.78, 5) is 13.1. The van der Waals surface area contributed by atoms with Gasteiger partial charge in [-0.2, -0.15) is 13.2 Å². The van der Waals surface area contributed by atoms with E-state index in [1.807, 2.05) is 13.8 Å².